The van der Waals surface area contributed by atoms with Crippen LogP contribution in [0.5, 0.6) is 0 Å². The summed E-state index contributed by atoms with van der Waals surface area (Å²) in [5.74, 6) is 1.87. The second kappa shape index (κ2) is 8.14. The topological polar surface area (TPSA) is 50.4 Å². The zero-order valence-corrected chi connectivity index (χ0v) is 13.7. The normalized spacial score (nSPS) is 29.0. The maximum atomic E-state index is 12.6. The van der Waals surface area contributed by atoms with Gasteiger partial charge in [0.15, 0.2) is 0 Å². The van der Waals surface area contributed by atoms with Gasteiger partial charge in [-0.25, -0.2) is 0 Å². The second-order valence-corrected chi connectivity index (χ2v) is 7.15. The molecule has 0 bridgehead atoms. The van der Waals surface area contributed by atoms with E-state index in [4.69, 9.17) is 4.74 Å². The predicted octanol–water partition coefficient (Wildman–Crippen LogP) is 2.34. The minimum absolute atomic E-state index is 0.203. The van der Waals surface area contributed by atoms with Crippen LogP contribution in [-0.4, -0.2) is 39.3 Å². The van der Waals surface area contributed by atoms with Crippen LogP contribution in [0.25, 0.3) is 0 Å². The molecule has 0 aromatic heterocycles. The number of hydrogen-bond donors (Lipinski definition) is 2. The summed E-state index contributed by atoms with van der Waals surface area (Å²) in [6.07, 6.45) is 8.32. The lowest BCUT2D eigenvalue weighted by atomic mass is 9.78. The molecule has 0 aromatic carbocycles. The van der Waals surface area contributed by atoms with Gasteiger partial charge < -0.3 is 15.4 Å². The summed E-state index contributed by atoms with van der Waals surface area (Å²) in [5.41, 5.74) is -0.306. The Labute approximate surface area is 129 Å². The summed E-state index contributed by atoms with van der Waals surface area (Å²) in [5, 5.41) is 6.52. The first-order chi connectivity index (χ1) is 10.2. The standard InChI is InChI=1S/C17H32N2O2/c1-14-4-3-5-15(12-14)6-9-19-16(20)17(13-21-2)7-10-18-11-8-17/h14-15,18H,3-13H2,1-2H3,(H,19,20). The molecule has 21 heavy (non-hydrogen) atoms. The quantitative estimate of drug-likeness (QED) is 0.791. The number of nitrogens with one attached hydrogen (secondary N) is 2. The number of piperidine rings is 1. The van der Waals surface area contributed by atoms with Crippen LogP contribution in [-0.2, 0) is 9.53 Å². The predicted molar refractivity (Wildman–Crippen MR) is 85.2 cm³/mol. The fourth-order valence-corrected chi connectivity index (χ4v) is 4.02. The first kappa shape index (κ1) is 16.8. The first-order valence-corrected chi connectivity index (χ1v) is 8.64. The molecule has 1 saturated carbocycles. The van der Waals surface area contributed by atoms with E-state index in [0.717, 1.165) is 50.7 Å². The van der Waals surface area contributed by atoms with Crippen molar-refractivity contribution in [2.24, 2.45) is 17.3 Å². The highest BCUT2D eigenvalue weighted by molar-refractivity contribution is 5.82. The lowest BCUT2D eigenvalue weighted by molar-refractivity contribution is -0.136. The van der Waals surface area contributed by atoms with Gasteiger partial charge in [-0.1, -0.05) is 26.2 Å². The van der Waals surface area contributed by atoms with Gasteiger partial charge in [0, 0.05) is 13.7 Å². The van der Waals surface area contributed by atoms with Crippen LogP contribution in [0.2, 0.25) is 0 Å². The van der Waals surface area contributed by atoms with Crippen molar-refractivity contribution in [3.05, 3.63) is 0 Å². The third-order valence-corrected chi connectivity index (χ3v) is 5.35. The average molecular weight is 296 g/mol. The molecule has 0 spiro atoms. The van der Waals surface area contributed by atoms with Gasteiger partial charge in [-0.2, -0.15) is 0 Å². The lowest BCUT2D eigenvalue weighted by Crippen LogP contribution is -2.50. The number of methoxy groups -OCH3 is 1. The summed E-state index contributed by atoms with van der Waals surface area (Å²) >= 11 is 0. The maximum Gasteiger partial charge on any atom is 0.228 e. The van der Waals surface area contributed by atoms with Gasteiger partial charge in [-0.05, 0) is 50.6 Å². The van der Waals surface area contributed by atoms with Crippen LogP contribution < -0.4 is 10.6 Å². The third kappa shape index (κ3) is 4.68. The fourth-order valence-electron chi connectivity index (χ4n) is 4.02. The number of ether oxygens (including phenoxy) is 1. The Bertz CT molecular complexity index is 321. The average Bonchev–Trinajstić information content (AvgIpc) is 2.48. The van der Waals surface area contributed by atoms with Crippen LogP contribution >= 0.6 is 0 Å². The summed E-state index contributed by atoms with van der Waals surface area (Å²) in [6.45, 7) is 5.55. The van der Waals surface area contributed by atoms with Crippen molar-refractivity contribution >= 4 is 5.91 Å². The number of carbonyl (C=O) groups is 1. The molecular formula is C17H32N2O2. The largest absolute Gasteiger partial charge is 0.384 e. The Morgan fingerprint density at radius 3 is 2.76 bits per heavy atom. The molecule has 1 aliphatic heterocycles. The molecule has 2 unspecified atom stereocenters. The molecule has 1 aliphatic carbocycles. The molecule has 2 atom stereocenters. The Hall–Kier alpha value is -0.610. The van der Waals surface area contributed by atoms with E-state index >= 15 is 0 Å². The van der Waals surface area contributed by atoms with Crippen molar-refractivity contribution in [3.8, 4) is 0 Å². The zero-order valence-electron chi connectivity index (χ0n) is 13.7. The van der Waals surface area contributed by atoms with Crippen molar-refractivity contribution in [1.82, 2.24) is 10.6 Å². The SMILES string of the molecule is COCC1(C(=O)NCCC2CCCC(C)C2)CCNCC1. The van der Waals surface area contributed by atoms with Crippen molar-refractivity contribution < 1.29 is 9.53 Å². The number of amides is 1. The van der Waals surface area contributed by atoms with Gasteiger partial charge in [0.1, 0.15) is 0 Å². The molecule has 2 fully saturated rings. The Morgan fingerprint density at radius 2 is 2.10 bits per heavy atom. The summed E-state index contributed by atoms with van der Waals surface area (Å²) < 4.78 is 5.33. The molecule has 122 valence electrons. The molecule has 1 saturated heterocycles. The van der Waals surface area contributed by atoms with Gasteiger partial charge in [0.2, 0.25) is 5.91 Å². The van der Waals surface area contributed by atoms with E-state index in [2.05, 4.69) is 17.6 Å². The molecule has 1 heterocycles. The van der Waals surface area contributed by atoms with Crippen LogP contribution in [0.1, 0.15) is 51.9 Å². The number of hydrogen-bond acceptors (Lipinski definition) is 3. The van der Waals surface area contributed by atoms with Crippen molar-refractivity contribution in [2.45, 2.75) is 51.9 Å². The Kier molecular flexibility index (Phi) is 6.49. The summed E-state index contributed by atoms with van der Waals surface area (Å²) in [7, 11) is 1.69. The molecule has 0 aromatic rings. The molecular weight excluding hydrogens is 264 g/mol. The molecule has 4 nitrogen and oxygen atoms in total. The van der Waals surface area contributed by atoms with E-state index < -0.39 is 0 Å². The van der Waals surface area contributed by atoms with E-state index in [1.165, 1.54) is 25.7 Å². The zero-order chi connectivity index (χ0) is 15.1. The Morgan fingerprint density at radius 1 is 1.33 bits per heavy atom. The summed E-state index contributed by atoms with van der Waals surface area (Å²) in [4.78, 5) is 12.6. The van der Waals surface area contributed by atoms with Gasteiger partial charge in [-0.3, -0.25) is 4.79 Å². The van der Waals surface area contributed by atoms with Gasteiger partial charge in [0.05, 0.1) is 12.0 Å². The molecule has 2 aliphatic rings. The minimum atomic E-state index is -0.306. The highest BCUT2D eigenvalue weighted by atomic mass is 16.5. The highest BCUT2D eigenvalue weighted by Crippen LogP contribution is 2.31. The van der Waals surface area contributed by atoms with E-state index in [9.17, 15) is 4.79 Å². The van der Waals surface area contributed by atoms with E-state index in [1.54, 1.807) is 7.11 Å². The number of carbonyl (C=O) groups excluding carboxylic acids is 1. The monoisotopic (exact) mass is 296 g/mol. The molecule has 2 rings (SSSR count). The third-order valence-electron chi connectivity index (χ3n) is 5.35. The molecule has 1 amide bonds. The first-order valence-electron chi connectivity index (χ1n) is 8.64. The van der Waals surface area contributed by atoms with Crippen molar-refractivity contribution in [1.29, 1.82) is 0 Å². The minimum Gasteiger partial charge on any atom is -0.384 e. The Balaban J connectivity index is 1.76. The van der Waals surface area contributed by atoms with Gasteiger partial charge in [0.25, 0.3) is 0 Å². The number of rotatable bonds is 6. The van der Waals surface area contributed by atoms with Gasteiger partial charge >= 0.3 is 0 Å². The van der Waals surface area contributed by atoms with Crippen LogP contribution in [0, 0.1) is 17.3 Å². The lowest BCUT2D eigenvalue weighted by Gasteiger charge is -2.35. The van der Waals surface area contributed by atoms with E-state index in [1.807, 2.05) is 0 Å². The summed E-state index contributed by atoms with van der Waals surface area (Å²) in [6, 6.07) is 0. The van der Waals surface area contributed by atoms with Crippen LogP contribution in [0.3, 0.4) is 0 Å². The van der Waals surface area contributed by atoms with E-state index in [-0.39, 0.29) is 11.3 Å². The van der Waals surface area contributed by atoms with Crippen LogP contribution in [0.4, 0.5) is 0 Å². The van der Waals surface area contributed by atoms with Crippen molar-refractivity contribution in [3.63, 3.8) is 0 Å². The second-order valence-electron chi connectivity index (χ2n) is 7.15. The van der Waals surface area contributed by atoms with Gasteiger partial charge in [-0.15, -0.1) is 0 Å². The van der Waals surface area contributed by atoms with Crippen LogP contribution in [0.15, 0.2) is 0 Å². The smallest absolute Gasteiger partial charge is 0.228 e. The maximum absolute atomic E-state index is 12.6. The van der Waals surface area contributed by atoms with Crippen molar-refractivity contribution in [2.75, 3.05) is 33.4 Å². The fraction of sp³-hybridized carbons (Fsp3) is 0.941. The highest BCUT2D eigenvalue weighted by Gasteiger charge is 2.39. The molecule has 0 radical (unpaired) electrons. The molecule has 4 heteroatoms. The van der Waals surface area contributed by atoms with E-state index in [0.29, 0.717) is 6.61 Å². The molecule has 2 N–H and O–H groups in total.